The van der Waals surface area contributed by atoms with Crippen molar-refractivity contribution in [2.45, 2.75) is 39.0 Å². The molecule has 2 fully saturated rings. The molecule has 2 nitrogen and oxygen atoms in total. The highest BCUT2D eigenvalue weighted by Crippen LogP contribution is 2.38. The molecule has 1 saturated carbocycles. The van der Waals surface area contributed by atoms with Crippen LogP contribution in [0.3, 0.4) is 0 Å². The van der Waals surface area contributed by atoms with Gasteiger partial charge < -0.3 is 5.32 Å². The van der Waals surface area contributed by atoms with Gasteiger partial charge in [0.2, 0.25) is 5.91 Å². The van der Waals surface area contributed by atoms with Crippen LogP contribution in [0.4, 0.5) is 0 Å². The predicted molar refractivity (Wildman–Crippen MR) is 52.2 cm³/mol. The third-order valence-electron chi connectivity index (χ3n) is 3.83. The Labute approximate surface area is 80.1 Å². The lowest BCUT2D eigenvalue weighted by atomic mass is 9.70. The van der Waals surface area contributed by atoms with Gasteiger partial charge in [0.05, 0.1) is 0 Å². The van der Waals surface area contributed by atoms with Crippen molar-refractivity contribution in [1.82, 2.24) is 5.32 Å². The molecule has 1 N–H and O–H groups in total. The van der Waals surface area contributed by atoms with Crippen LogP contribution in [0, 0.1) is 17.8 Å². The first-order chi connectivity index (χ1) is 6.31. The zero-order valence-electron chi connectivity index (χ0n) is 8.38. The minimum atomic E-state index is 0.328. The summed E-state index contributed by atoms with van der Waals surface area (Å²) in [5.41, 5.74) is 0. The average molecular weight is 181 g/mol. The van der Waals surface area contributed by atoms with Crippen molar-refractivity contribution < 1.29 is 4.79 Å². The molecule has 0 aromatic rings. The summed E-state index contributed by atoms with van der Waals surface area (Å²) < 4.78 is 0. The number of carbonyl (C=O) groups is 1. The fraction of sp³-hybridized carbons (Fsp3) is 0.909. The SMILES string of the molecule is CCC1CCC2CCNC(=O)C2C1. The lowest BCUT2D eigenvalue weighted by molar-refractivity contribution is -0.130. The van der Waals surface area contributed by atoms with Gasteiger partial charge in [0.1, 0.15) is 0 Å². The van der Waals surface area contributed by atoms with E-state index in [0.29, 0.717) is 17.7 Å². The summed E-state index contributed by atoms with van der Waals surface area (Å²) in [6, 6.07) is 0. The Balaban J connectivity index is 2.01. The van der Waals surface area contributed by atoms with E-state index >= 15 is 0 Å². The molecule has 3 unspecified atom stereocenters. The minimum Gasteiger partial charge on any atom is -0.356 e. The molecule has 1 heterocycles. The van der Waals surface area contributed by atoms with Crippen molar-refractivity contribution in [3.05, 3.63) is 0 Å². The van der Waals surface area contributed by atoms with Crippen LogP contribution in [-0.2, 0) is 4.79 Å². The Morgan fingerprint density at radius 3 is 3.00 bits per heavy atom. The van der Waals surface area contributed by atoms with Gasteiger partial charge in [-0.2, -0.15) is 0 Å². The zero-order valence-corrected chi connectivity index (χ0v) is 8.38. The topological polar surface area (TPSA) is 29.1 Å². The zero-order chi connectivity index (χ0) is 9.26. The van der Waals surface area contributed by atoms with Crippen molar-refractivity contribution in [3.8, 4) is 0 Å². The summed E-state index contributed by atoms with van der Waals surface area (Å²) in [5, 5.41) is 2.99. The molecule has 1 aliphatic carbocycles. The number of carbonyl (C=O) groups excluding carboxylic acids is 1. The number of hydrogen-bond donors (Lipinski definition) is 1. The van der Waals surface area contributed by atoms with Crippen molar-refractivity contribution in [2.24, 2.45) is 17.8 Å². The lowest BCUT2D eigenvalue weighted by Crippen LogP contribution is -2.44. The molecule has 2 heteroatoms. The van der Waals surface area contributed by atoms with E-state index in [1.54, 1.807) is 0 Å². The third-order valence-corrected chi connectivity index (χ3v) is 3.83. The smallest absolute Gasteiger partial charge is 0.223 e. The second kappa shape index (κ2) is 3.69. The maximum atomic E-state index is 11.6. The molecular weight excluding hydrogens is 162 g/mol. The van der Waals surface area contributed by atoms with Crippen LogP contribution >= 0.6 is 0 Å². The molecule has 2 rings (SSSR count). The van der Waals surface area contributed by atoms with Crippen molar-refractivity contribution in [1.29, 1.82) is 0 Å². The molecule has 74 valence electrons. The van der Waals surface area contributed by atoms with Gasteiger partial charge in [0.25, 0.3) is 0 Å². The summed E-state index contributed by atoms with van der Waals surface area (Å²) in [7, 11) is 0. The molecule has 0 radical (unpaired) electrons. The third kappa shape index (κ3) is 1.72. The average Bonchev–Trinajstić information content (AvgIpc) is 2.18. The number of hydrogen-bond acceptors (Lipinski definition) is 1. The number of piperidine rings is 1. The first-order valence-electron chi connectivity index (χ1n) is 5.59. The number of fused-ring (bicyclic) bond motifs is 1. The number of nitrogens with one attached hydrogen (secondary N) is 1. The van der Waals surface area contributed by atoms with Gasteiger partial charge in [-0.05, 0) is 31.1 Å². The maximum absolute atomic E-state index is 11.6. The van der Waals surface area contributed by atoms with Crippen LogP contribution in [0.2, 0.25) is 0 Å². The highest BCUT2D eigenvalue weighted by atomic mass is 16.1. The van der Waals surface area contributed by atoms with Gasteiger partial charge in [-0.3, -0.25) is 4.79 Å². The lowest BCUT2D eigenvalue weighted by Gasteiger charge is -2.38. The fourth-order valence-electron chi connectivity index (χ4n) is 2.87. The van der Waals surface area contributed by atoms with Crippen molar-refractivity contribution in [3.63, 3.8) is 0 Å². The summed E-state index contributed by atoms with van der Waals surface area (Å²) in [4.78, 5) is 11.6. The molecule has 1 aliphatic heterocycles. The van der Waals surface area contributed by atoms with E-state index in [2.05, 4.69) is 12.2 Å². The van der Waals surface area contributed by atoms with Gasteiger partial charge in [0.15, 0.2) is 0 Å². The van der Waals surface area contributed by atoms with Gasteiger partial charge in [-0.1, -0.05) is 19.8 Å². The fourth-order valence-corrected chi connectivity index (χ4v) is 2.87. The van der Waals surface area contributed by atoms with Crippen molar-refractivity contribution in [2.75, 3.05) is 6.54 Å². The monoisotopic (exact) mass is 181 g/mol. The van der Waals surface area contributed by atoms with E-state index in [4.69, 9.17) is 0 Å². The predicted octanol–water partition coefficient (Wildman–Crippen LogP) is 1.95. The molecule has 1 amide bonds. The molecule has 1 saturated heterocycles. The molecule has 0 aromatic heterocycles. The molecule has 3 atom stereocenters. The van der Waals surface area contributed by atoms with E-state index in [9.17, 15) is 4.79 Å². The summed E-state index contributed by atoms with van der Waals surface area (Å²) in [6.45, 7) is 3.16. The van der Waals surface area contributed by atoms with Gasteiger partial charge in [0, 0.05) is 12.5 Å². The summed E-state index contributed by atoms with van der Waals surface area (Å²) in [6.07, 6.45) is 6.25. The van der Waals surface area contributed by atoms with Crippen LogP contribution in [0.25, 0.3) is 0 Å². The normalized spacial score (nSPS) is 39.5. The molecule has 13 heavy (non-hydrogen) atoms. The van der Waals surface area contributed by atoms with E-state index in [1.165, 1.54) is 25.7 Å². The second-order valence-corrected chi connectivity index (χ2v) is 4.53. The Morgan fingerprint density at radius 2 is 2.23 bits per heavy atom. The van der Waals surface area contributed by atoms with Crippen molar-refractivity contribution >= 4 is 5.91 Å². The van der Waals surface area contributed by atoms with Gasteiger partial charge in [-0.15, -0.1) is 0 Å². The first kappa shape index (κ1) is 9.04. The van der Waals surface area contributed by atoms with Crippen LogP contribution in [-0.4, -0.2) is 12.5 Å². The first-order valence-corrected chi connectivity index (χ1v) is 5.59. The van der Waals surface area contributed by atoms with Crippen LogP contribution in [0.5, 0.6) is 0 Å². The molecule has 0 spiro atoms. The highest BCUT2D eigenvalue weighted by molar-refractivity contribution is 5.79. The Bertz CT molecular complexity index is 202. The number of amides is 1. The van der Waals surface area contributed by atoms with E-state index in [-0.39, 0.29) is 0 Å². The van der Waals surface area contributed by atoms with Gasteiger partial charge >= 0.3 is 0 Å². The molecule has 0 bridgehead atoms. The highest BCUT2D eigenvalue weighted by Gasteiger charge is 2.36. The van der Waals surface area contributed by atoms with Crippen LogP contribution in [0.1, 0.15) is 39.0 Å². The van der Waals surface area contributed by atoms with Crippen LogP contribution < -0.4 is 5.32 Å². The summed E-state index contributed by atoms with van der Waals surface area (Å²) in [5.74, 6) is 2.20. The molecular formula is C11H19NO. The quantitative estimate of drug-likeness (QED) is 0.658. The van der Waals surface area contributed by atoms with E-state index in [1.807, 2.05) is 0 Å². The van der Waals surface area contributed by atoms with Gasteiger partial charge in [-0.25, -0.2) is 0 Å². The summed E-state index contributed by atoms with van der Waals surface area (Å²) >= 11 is 0. The molecule has 0 aromatic carbocycles. The Morgan fingerprint density at radius 1 is 1.38 bits per heavy atom. The Kier molecular flexibility index (Phi) is 2.56. The van der Waals surface area contributed by atoms with E-state index < -0.39 is 0 Å². The largest absolute Gasteiger partial charge is 0.356 e. The maximum Gasteiger partial charge on any atom is 0.223 e. The van der Waals surface area contributed by atoms with E-state index in [0.717, 1.165) is 18.9 Å². The Hall–Kier alpha value is -0.530. The minimum absolute atomic E-state index is 0.328. The standard InChI is InChI=1S/C11H19NO/c1-2-8-3-4-9-5-6-12-11(13)10(9)7-8/h8-10H,2-7H2,1H3,(H,12,13). The second-order valence-electron chi connectivity index (χ2n) is 4.53. The number of rotatable bonds is 1. The van der Waals surface area contributed by atoms with Crippen LogP contribution in [0.15, 0.2) is 0 Å². The molecule has 2 aliphatic rings.